The molecule has 16 heteroatoms. The number of esters is 2. The Morgan fingerprint density at radius 1 is 1.14 bits per heavy atom. The molecular formula is C34H45FN2O13. The van der Waals surface area contributed by atoms with Crippen LogP contribution in [0.25, 0.3) is 0 Å². The van der Waals surface area contributed by atoms with Crippen molar-refractivity contribution in [3.63, 3.8) is 0 Å². The third-order valence-electron chi connectivity index (χ3n) is 11.4. The van der Waals surface area contributed by atoms with Gasteiger partial charge >= 0.3 is 11.9 Å². The zero-order chi connectivity index (χ0) is 36.9. The standard InChI is InChI=1S/C34H45FN2O13/c1-19(38)36-24(29(43)46-12-6-7-13-48-37(44)45)16-28(42)47-18-26(41)34-27(49-30(2,3)50-34)15-23-22-9-8-20-14-21(39)10-11-31(20,4)33(22,35)25(40)17-32(23,34)5/h10-11,14,22-25,27,40H,6-9,12-13,15-18H2,1-5H3,(H,36,38)/t22-,23-,24?,25-,27+,31-,32-,33-,34+/m0/s1. The average Bonchev–Trinajstić information content (AvgIpc) is 3.43. The lowest BCUT2D eigenvalue weighted by atomic mass is 9.44. The molecule has 1 unspecified atom stereocenters. The van der Waals surface area contributed by atoms with E-state index in [2.05, 4.69) is 10.2 Å². The van der Waals surface area contributed by atoms with E-state index >= 15 is 4.39 Å². The van der Waals surface area contributed by atoms with Crippen molar-refractivity contribution >= 4 is 29.4 Å². The maximum absolute atomic E-state index is 17.6. The van der Waals surface area contributed by atoms with E-state index < -0.39 is 99.7 Å². The van der Waals surface area contributed by atoms with Gasteiger partial charge in [-0.15, -0.1) is 10.1 Å². The van der Waals surface area contributed by atoms with Gasteiger partial charge in [-0.3, -0.25) is 19.2 Å². The Bertz CT molecular complexity index is 1510. The lowest BCUT2D eigenvalue weighted by Crippen LogP contribution is -2.70. The summed E-state index contributed by atoms with van der Waals surface area (Å²) in [5.41, 5.74) is -5.60. The number of ketones is 2. The number of allylic oxidation sites excluding steroid dienone is 4. The molecular weight excluding hydrogens is 663 g/mol. The topological polar surface area (TPSA) is 207 Å². The summed E-state index contributed by atoms with van der Waals surface area (Å²) in [5, 5.41) is 23.4. The summed E-state index contributed by atoms with van der Waals surface area (Å²) in [6.07, 6.45) is 2.57. The molecule has 9 atom stereocenters. The molecule has 3 saturated carbocycles. The van der Waals surface area contributed by atoms with Gasteiger partial charge in [0, 0.05) is 23.7 Å². The minimum atomic E-state index is -2.14. The molecule has 0 radical (unpaired) electrons. The van der Waals surface area contributed by atoms with Crippen molar-refractivity contribution in [2.75, 3.05) is 19.8 Å². The first-order valence-corrected chi connectivity index (χ1v) is 16.9. The number of nitrogens with zero attached hydrogens (tertiary/aromatic N) is 1. The number of Topliss-reactive ketones (excluding diaryl/α,β-unsaturated/α-hetero) is 1. The maximum atomic E-state index is 17.6. The first kappa shape index (κ1) is 37.5. The van der Waals surface area contributed by atoms with Crippen molar-refractivity contribution in [3.8, 4) is 0 Å². The molecule has 0 aromatic heterocycles. The minimum absolute atomic E-state index is 0.154. The molecule has 2 N–H and O–H groups in total. The number of hydrogen-bond donors (Lipinski definition) is 2. The van der Waals surface area contributed by atoms with Gasteiger partial charge in [0.05, 0.1) is 31.8 Å². The van der Waals surface area contributed by atoms with Crippen LogP contribution in [0.3, 0.4) is 0 Å². The highest BCUT2D eigenvalue weighted by molar-refractivity contribution is 6.01. The average molecular weight is 709 g/mol. The molecule has 1 aliphatic heterocycles. The number of carbonyl (C=O) groups is 5. The predicted octanol–water partition coefficient (Wildman–Crippen LogP) is 2.40. The number of aliphatic hydroxyl groups is 1. The number of ether oxygens (including phenoxy) is 4. The number of alkyl halides is 1. The Balaban J connectivity index is 1.30. The number of fused-ring (bicyclic) bond motifs is 7. The number of unbranched alkanes of at least 4 members (excludes halogenated alkanes) is 1. The van der Waals surface area contributed by atoms with Gasteiger partial charge < -0.3 is 34.2 Å². The fourth-order valence-electron chi connectivity index (χ4n) is 9.34. The van der Waals surface area contributed by atoms with Crippen molar-refractivity contribution in [1.82, 2.24) is 5.32 Å². The molecule has 0 aromatic carbocycles. The Morgan fingerprint density at radius 3 is 2.52 bits per heavy atom. The summed E-state index contributed by atoms with van der Waals surface area (Å²) in [5.74, 6) is -5.87. The normalized spacial score (nSPS) is 36.9. The number of halogens is 1. The van der Waals surface area contributed by atoms with Crippen molar-refractivity contribution in [1.29, 1.82) is 0 Å². The number of rotatable bonds is 13. The lowest BCUT2D eigenvalue weighted by molar-refractivity contribution is -0.757. The third-order valence-corrected chi connectivity index (χ3v) is 11.4. The number of hydrogen-bond acceptors (Lipinski definition) is 13. The number of nitrogens with one attached hydrogen (secondary N) is 1. The van der Waals surface area contributed by atoms with Crippen LogP contribution in [0.1, 0.15) is 79.6 Å². The summed E-state index contributed by atoms with van der Waals surface area (Å²) in [4.78, 5) is 78.3. The number of carbonyl (C=O) groups excluding carboxylic acids is 5. The summed E-state index contributed by atoms with van der Waals surface area (Å²) in [7, 11) is 0. The van der Waals surface area contributed by atoms with Gasteiger partial charge in [0.15, 0.2) is 29.4 Å². The van der Waals surface area contributed by atoms with E-state index in [0.29, 0.717) is 18.4 Å². The van der Waals surface area contributed by atoms with E-state index in [0.717, 1.165) is 6.92 Å². The van der Waals surface area contributed by atoms with Crippen LogP contribution in [0.4, 0.5) is 4.39 Å². The molecule has 1 amide bonds. The lowest BCUT2D eigenvalue weighted by Gasteiger charge is -2.62. The minimum Gasteiger partial charge on any atom is -0.464 e. The van der Waals surface area contributed by atoms with E-state index in [1.165, 1.54) is 12.2 Å². The quantitative estimate of drug-likeness (QED) is 0.122. The van der Waals surface area contributed by atoms with Crippen LogP contribution >= 0.6 is 0 Å². The summed E-state index contributed by atoms with van der Waals surface area (Å²) in [6, 6.07) is -1.43. The van der Waals surface area contributed by atoms with Gasteiger partial charge in [-0.05, 0) is 77.4 Å². The second-order valence-corrected chi connectivity index (χ2v) is 14.8. The molecule has 15 nitrogen and oxygen atoms in total. The van der Waals surface area contributed by atoms with Crippen molar-refractivity contribution in [3.05, 3.63) is 33.9 Å². The van der Waals surface area contributed by atoms with Crippen LogP contribution in [-0.4, -0.2) is 94.7 Å². The molecule has 4 aliphatic carbocycles. The van der Waals surface area contributed by atoms with Crippen molar-refractivity contribution < 1.29 is 62.3 Å². The molecule has 5 rings (SSSR count). The highest BCUT2D eigenvalue weighted by Crippen LogP contribution is 2.72. The molecule has 0 bridgehead atoms. The molecule has 5 aliphatic rings. The van der Waals surface area contributed by atoms with Gasteiger partial charge in [0.1, 0.15) is 6.04 Å². The Hall–Kier alpha value is -3.76. The Kier molecular flexibility index (Phi) is 10.1. The highest BCUT2D eigenvalue weighted by atomic mass is 19.1. The molecule has 276 valence electrons. The molecule has 0 spiro atoms. The van der Waals surface area contributed by atoms with Crippen LogP contribution in [0.2, 0.25) is 0 Å². The Labute approximate surface area is 288 Å². The Morgan fingerprint density at radius 2 is 1.84 bits per heavy atom. The first-order valence-electron chi connectivity index (χ1n) is 16.9. The van der Waals surface area contributed by atoms with Crippen molar-refractivity contribution in [2.24, 2.45) is 22.7 Å². The second kappa shape index (κ2) is 13.4. The van der Waals surface area contributed by atoms with Crippen LogP contribution in [-0.2, 0) is 47.8 Å². The highest BCUT2D eigenvalue weighted by Gasteiger charge is 2.80. The van der Waals surface area contributed by atoms with E-state index in [1.54, 1.807) is 33.8 Å². The third kappa shape index (κ3) is 6.23. The van der Waals surface area contributed by atoms with Gasteiger partial charge in [-0.2, -0.15) is 0 Å². The smallest absolute Gasteiger partial charge is 0.329 e. The molecule has 4 fully saturated rings. The molecule has 1 saturated heterocycles. The zero-order valence-electron chi connectivity index (χ0n) is 28.9. The van der Waals surface area contributed by atoms with Crippen LogP contribution in [0.5, 0.6) is 0 Å². The maximum Gasteiger partial charge on any atom is 0.329 e. The van der Waals surface area contributed by atoms with Crippen LogP contribution in [0.15, 0.2) is 23.8 Å². The van der Waals surface area contributed by atoms with Crippen LogP contribution in [0, 0.1) is 32.8 Å². The first-order chi connectivity index (χ1) is 23.3. The van der Waals surface area contributed by atoms with E-state index in [-0.39, 0.29) is 44.7 Å². The van der Waals surface area contributed by atoms with Gasteiger partial charge in [-0.1, -0.05) is 18.6 Å². The van der Waals surface area contributed by atoms with Crippen molar-refractivity contribution in [2.45, 2.75) is 115 Å². The van der Waals surface area contributed by atoms with Gasteiger partial charge in [-0.25, -0.2) is 9.18 Å². The summed E-state index contributed by atoms with van der Waals surface area (Å²) >= 11 is 0. The predicted molar refractivity (Wildman–Crippen MR) is 168 cm³/mol. The fraction of sp³-hybridized carbons (Fsp3) is 0.735. The van der Waals surface area contributed by atoms with E-state index in [9.17, 15) is 39.2 Å². The number of aliphatic hydroxyl groups excluding tert-OH is 1. The summed E-state index contributed by atoms with van der Waals surface area (Å²) in [6.45, 7) is 6.77. The fourth-order valence-corrected chi connectivity index (χ4v) is 9.34. The van der Waals surface area contributed by atoms with Gasteiger partial charge in [0.2, 0.25) is 11.7 Å². The monoisotopic (exact) mass is 708 g/mol. The van der Waals surface area contributed by atoms with E-state index in [1.807, 2.05) is 0 Å². The number of amides is 1. The van der Waals surface area contributed by atoms with Gasteiger partial charge in [0.25, 0.3) is 5.09 Å². The zero-order valence-corrected chi connectivity index (χ0v) is 28.9. The van der Waals surface area contributed by atoms with E-state index in [4.69, 9.17) is 18.9 Å². The largest absolute Gasteiger partial charge is 0.464 e. The molecule has 1 heterocycles. The van der Waals surface area contributed by atoms with Crippen LogP contribution < -0.4 is 5.32 Å². The molecule has 50 heavy (non-hydrogen) atoms. The second-order valence-electron chi connectivity index (χ2n) is 14.8. The summed E-state index contributed by atoms with van der Waals surface area (Å²) < 4.78 is 40.8. The molecule has 0 aromatic rings. The SMILES string of the molecule is CC(=O)NC(CC(=O)OCC(=O)[C@@]12OC(C)(C)O[C@@H]1C[C@H]1[C@@H]3CCC4=CC(=O)C=C[C@]4(C)[C@@]3(F)[C@@H](O)C[C@@]12C)C(=O)OCCCCO[N+](=O)[O-].